The molecular formula is C18H16F3NO3S2. The van der Waals surface area contributed by atoms with Gasteiger partial charge >= 0.3 is 6.18 Å². The van der Waals surface area contributed by atoms with Gasteiger partial charge in [-0.3, -0.25) is 0 Å². The summed E-state index contributed by atoms with van der Waals surface area (Å²) in [5.74, 6) is 0. The summed E-state index contributed by atoms with van der Waals surface area (Å²) < 4.78 is 65.7. The fraction of sp³-hybridized carbons (Fsp3) is 0.222. The molecule has 3 aromatic rings. The molecular weight excluding hydrogens is 399 g/mol. The second-order valence-electron chi connectivity index (χ2n) is 6.27. The molecule has 0 aliphatic heterocycles. The molecule has 1 aromatic heterocycles. The first kappa shape index (κ1) is 19.8. The molecule has 2 aromatic carbocycles. The van der Waals surface area contributed by atoms with Gasteiger partial charge in [0.2, 0.25) is 10.0 Å². The van der Waals surface area contributed by atoms with Crippen molar-refractivity contribution in [2.24, 2.45) is 0 Å². The molecule has 0 aliphatic rings. The highest BCUT2D eigenvalue weighted by molar-refractivity contribution is 7.89. The Labute approximate surface area is 158 Å². The van der Waals surface area contributed by atoms with Crippen LogP contribution in [0.4, 0.5) is 13.2 Å². The van der Waals surface area contributed by atoms with E-state index in [-0.39, 0.29) is 11.4 Å². The van der Waals surface area contributed by atoms with Gasteiger partial charge in [0.15, 0.2) is 0 Å². The number of nitrogens with one attached hydrogen (secondary N) is 1. The Morgan fingerprint density at radius 1 is 1.07 bits per heavy atom. The summed E-state index contributed by atoms with van der Waals surface area (Å²) in [4.78, 5) is 0.279. The zero-order valence-corrected chi connectivity index (χ0v) is 15.8. The van der Waals surface area contributed by atoms with Gasteiger partial charge < -0.3 is 5.11 Å². The van der Waals surface area contributed by atoms with Gasteiger partial charge in [-0.1, -0.05) is 18.2 Å². The van der Waals surface area contributed by atoms with Gasteiger partial charge in [-0.05, 0) is 48.7 Å². The summed E-state index contributed by atoms with van der Waals surface area (Å²) in [7, 11) is -4.07. The number of rotatable bonds is 5. The van der Waals surface area contributed by atoms with Crippen molar-refractivity contribution in [2.45, 2.75) is 23.6 Å². The van der Waals surface area contributed by atoms with E-state index in [1.54, 1.807) is 6.07 Å². The molecule has 1 atom stereocenters. The minimum atomic E-state index is -4.54. The molecule has 0 spiro atoms. The van der Waals surface area contributed by atoms with Crippen molar-refractivity contribution in [1.82, 2.24) is 4.72 Å². The maximum atomic E-state index is 12.6. The Bertz CT molecular complexity index is 1020. The fourth-order valence-corrected chi connectivity index (χ4v) is 4.71. The van der Waals surface area contributed by atoms with Gasteiger partial charge in [-0.25, -0.2) is 13.1 Å². The van der Waals surface area contributed by atoms with E-state index in [9.17, 15) is 26.7 Å². The molecule has 0 radical (unpaired) electrons. The van der Waals surface area contributed by atoms with Crippen LogP contribution in [0.25, 0.3) is 10.1 Å². The van der Waals surface area contributed by atoms with Crippen molar-refractivity contribution in [2.75, 3.05) is 6.54 Å². The number of alkyl halides is 3. The lowest BCUT2D eigenvalue weighted by molar-refractivity contribution is -0.137. The summed E-state index contributed by atoms with van der Waals surface area (Å²) in [6.45, 7) is 1.16. The zero-order chi connectivity index (χ0) is 19.9. The molecule has 4 nitrogen and oxygen atoms in total. The minimum absolute atomic E-state index is 0.303. The molecule has 2 N–H and O–H groups in total. The standard InChI is InChI=1S/C18H16F3NO3S2/c1-17(23,16-10-12-4-2-3-5-15(12)26-16)11-22-27(24,25)14-8-6-13(7-9-14)18(19,20)21/h2-10,22-23H,11H2,1H3. The Hall–Kier alpha value is -1.94. The molecule has 9 heteroatoms. The average Bonchev–Trinajstić information content (AvgIpc) is 3.05. The van der Waals surface area contributed by atoms with Crippen LogP contribution in [-0.2, 0) is 21.8 Å². The summed E-state index contributed by atoms with van der Waals surface area (Å²) in [5, 5.41) is 11.6. The molecule has 0 aliphatic carbocycles. The van der Waals surface area contributed by atoms with Crippen LogP contribution in [0, 0.1) is 0 Å². The van der Waals surface area contributed by atoms with Gasteiger partial charge in [0.05, 0.1) is 10.5 Å². The number of fused-ring (bicyclic) bond motifs is 1. The summed E-state index contributed by atoms with van der Waals surface area (Å²) >= 11 is 1.35. The van der Waals surface area contributed by atoms with E-state index in [2.05, 4.69) is 4.72 Å². The van der Waals surface area contributed by atoms with Crippen molar-refractivity contribution in [3.63, 3.8) is 0 Å². The highest BCUT2D eigenvalue weighted by Crippen LogP contribution is 2.33. The second kappa shape index (κ2) is 6.90. The molecule has 0 saturated carbocycles. The largest absolute Gasteiger partial charge is 0.416 e. The smallest absolute Gasteiger partial charge is 0.383 e. The van der Waals surface area contributed by atoms with Crippen molar-refractivity contribution >= 4 is 31.4 Å². The SMILES string of the molecule is CC(O)(CNS(=O)(=O)c1ccc(C(F)(F)F)cc1)c1cc2ccccc2s1. The highest BCUT2D eigenvalue weighted by atomic mass is 32.2. The van der Waals surface area contributed by atoms with Crippen LogP contribution in [0.1, 0.15) is 17.4 Å². The summed E-state index contributed by atoms with van der Waals surface area (Å²) in [6, 6.07) is 12.5. The molecule has 1 unspecified atom stereocenters. The third-order valence-electron chi connectivity index (χ3n) is 4.05. The van der Waals surface area contributed by atoms with Crippen molar-refractivity contribution in [1.29, 1.82) is 0 Å². The predicted octanol–water partition coefficient (Wildman–Crippen LogP) is 4.11. The lowest BCUT2D eigenvalue weighted by Gasteiger charge is -2.22. The number of benzene rings is 2. The molecule has 3 rings (SSSR count). The predicted molar refractivity (Wildman–Crippen MR) is 98.0 cm³/mol. The number of sulfonamides is 1. The topological polar surface area (TPSA) is 66.4 Å². The molecule has 27 heavy (non-hydrogen) atoms. The average molecular weight is 415 g/mol. The van der Waals surface area contributed by atoms with E-state index in [1.165, 1.54) is 18.3 Å². The van der Waals surface area contributed by atoms with Crippen molar-refractivity contribution in [3.05, 3.63) is 65.0 Å². The number of hydrogen-bond acceptors (Lipinski definition) is 4. The maximum Gasteiger partial charge on any atom is 0.416 e. The Morgan fingerprint density at radius 3 is 2.30 bits per heavy atom. The van der Waals surface area contributed by atoms with Crippen LogP contribution in [0.5, 0.6) is 0 Å². The van der Waals surface area contributed by atoms with Gasteiger partial charge in [0.1, 0.15) is 5.60 Å². The molecule has 0 saturated heterocycles. The van der Waals surface area contributed by atoms with Crippen LogP contribution >= 0.6 is 11.3 Å². The molecule has 0 bridgehead atoms. The monoisotopic (exact) mass is 415 g/mol. The van der Waals surface area contributed by atoms with Gasteiger partial charge in [-0.15, -0.1) is 11.3 Å². The molecule has 1 heterocycles. The number of aliphatic hydroxyl groups is 1. The van der Waals surface area contributed by atoms with E-state index in [4.69, 9.17) is 0 Å². The van der Waals surface area contributed by atoms with Gasteiger partial charge in [-0.2, -0.15) is 13.2 Å². The molecule has 0 fully saturated rings. The third kappa shape index (κ3) is 4.32. The van der Waals surface area contributed by atoms with Crippen LogP contribution < -0.4 is 4.72 Å². The number of hydrogen-bond donors (Lipinski definition) is 2. The Kier molecular flexibility index (Phi) is 5.06. The summed E-state index contributed by atoms with van der Waals surface area (Å²) in [6.07, 6.45) is -4.54. The van der Waals surface area contributed by atoms with Crippen LogP contribution in [0.3, 0.4) is 0 Å². The Balaban J connectivity index is 1.77. The minimum Gasteiger partial charge on any atom is -0.383 e. The highest BCUT2D eigenvalue weighted by Gasteiger charge is 2.31. The maximum absolute atomic E-state index is 12.6. The van der Waals surface area contributed by atoms with E-state index in [0.29, 0.717) is 17.0 Å². The summed E-state index contributed by atoms with van der Waals surface area (Å²) in [5.41, 5.74) is -2.40. The fourth-order valence-electron chi connectivity index (χ4n) is 2.48. The number of halogens is 3. The lowest BCUT2D eigenvalue weighted by atomic mass is 10.1. The van der Waals surface area contributed by atoms with Crippen molar-refractivity contribution < 1.29 is 26.7 Å². The Morgan fingerprint density at radius 2 is 1.70 bits per heavy atom. The first-order valence-corrected chi connectivity index (χ1v) is 10.2. The van der Waals surface area contributed by atoms with Gasteiger partial charge in [0.25, 0.3) is 0 Å². The van der Waals surface area contributed by atoms with Crippen LogP contribution in [-0.4, -0.2) is 20.1 Å². The van der Waals surface area contributed by atoms with Gasteiger partial charge in [0, 0.05) is 16.1 Å². The van der Waals surface area contributed by atoms with Crippen molar-refractivity contribution in [3.8, 4) is 0 Å². The second-order valence-corrected chi connectivity index (χ2v) is 9.12. The molecule has 0 amide bonds. The lowest BCUT2D eigenvalue weighted by Crippen LogP contribution is -2.38. The van der Waals surface area contributed by atoms with E-state index in [1.807, 2.05) is 24.3 Å². The zero-order valence-electron chi connectivity index (χ0n) is 14.1. The van der Waals surface area contributed by atoms with Crippen LogP contribution in [0.15, 0.2) is 59.5 Å². The number of thiophene rings is 1. The molecule has 144 valence electrons. The first-order chi connectivity index (χ1) is 12.5. The normalized spacial score (nSPS) is 15.0. The first-order valence-electron chi connectivity index (χ1n) is 7.87. The van der Waals surface area contributed by atoms with E-state index >= 15 is 0 Å². The van der Waals surface area contributed by atoms with E-state index < -0.39 is 27.4 Å². The van der Waals surface area contributed by atoms with Crippen LogP contribution in [0.2, 0.25) is 0 Å². The third-order valence-corrected chi connectivity index (χ3v) is 6.84. The quantitative estimate of drug-likeness (QED) is 0.659. The van der Waals surface area contributed by atoms with E-state index in [0.717, 1.165) is 22.2 Å².